The van der Waals surface area contributed by atoms with Gasteiger partial charge in [-0.15, -0.1) is 0 Å². The number of ether oxygens (including phenoxy) is 1. The molecule has 5 heteroatoms. The van der Waals surface area contributed by atoms with Gasteiger partial charge in [-0.1, -0.05) is 35.9 Å². The second-order valence-electron chi connectivity index (χ2n) is 5.90. The maximum atomic E-state index is 14.3. The summed E-state index contributed by atoms with van der Waals surface area (Å²) in [5.41, 5.74) is 2.91. The lowest BCUT2D eigenvalue weighted by Crippen LogP contribution is -2.28. The van der Waals surface area contributed by atoms with E-state index in [9.17, 15) is 4.39 Å². The molecule has 24 heavy (non-hydrogen) atoms. The maximum absolute atomic E-state index is 14.3. The summed E-state index contributed by atoms with van der Waals surface area (Å²) in [5, 5.41) is -0.0994. The highest BCUT2D eigenvalue weighted by Crippen LogP contribution is 2.34. The first-order valence-electron chi connectivity index (χ1n) is 7.60. The van der Waals surface area contributed by atoms with Crippen LogP contribution in [0.2, 0.25) is 0 Å². The van der Waals surface area contributed by atoms with Crippen LogP contribution in [0.1, 0.15) is 18.1 Å². The Labute approximate surface area is 143 Å². The van der Waals surface area contributed by atoms with Gasteiger partial charge in [-0.25, -0.2) is 4.39 Å². The standard InChI is InChI=1S/C19H14ClFN2O/c1-19(20)11-23-17(14-6-4-7-15(21)18(14)24-19)13-9-12-5-2-3-8-16(12)22-10-13/h2-10H,11H2,1H3. The first kappa shape index (κ1) is 15.1. The van der Waals surface area contributed by atoms with E-state index in [4.69, 9.17) is 16.3 Å². The summed E-state index contributed by atoms with van der Waals surface area (Å²) < 4.78 is 20.0. The van der Waals surface area contributed by atoms with Crippen LogP contribution in [0, 0.1) is 5.82 Å². The van der Waals surface area contributed by atoms with E-state index in [1.807, 2.05) is 30.3 Å². The van der Waals surface area contributed by atoms with Gasteiger partial charge >= 0.3 is 0 Å². The number of rotatable bonds is 1. The molecule has 4 rings (SSSR count). The summed E-state index contributed by atoms with van der Waals surface area (Å²) in [6, 6.07) is 14.6. The summed E-state index contributed by atoms with van der Waals surface area (Å²) in [6.07, 6.45) is 1.74. The van der Waals surface area contributed by atoms with E-state index in [1.54, 1.807) is 25.3 Å². The zero-order chi connectivity index (χ0) is 16.7. The molecule has 0 N–H and O–H groups in total. The van der Waals surface area contributed by atoms with Crippen LogP contribution in [0.4, 0.5) is 4.39 Å². The van der Waals surface area contributed by atoms with Crippen molar-refractivity contribution in [3.05, 3.63) is 71.7 Å². The van der Waals surface area contributed by atoms with Crippen LogP contribution in [-0.2, 0) is 0 Å². The second-order valence-corrected chi connectivity index (χ2v) is 6.70. The molecule has 3 aromatic rings. The van der Waals surface area contributed by atoms with Crippen molar-refractivity contribution in [3.8, 4) is 5.75 Å². The van der Waals surface area contributed by atoms with Gasteiger partial charge in [0.15, 0.2) is 16.6 Å². The lowest BCUT2D eigenvalue weighted by molar-refractivity contribution is 0.180. The van der Waals surface area contributed by atoms with Gasteiger partial charge in [0.25, 0.3) is 0 Å². The minimum absolute atomic E-state index is 0.124. The molecular formula is C19H14ClFN2O. The molecule has 1 aliphatic heterocycles. The summed E-state index contributed by atoms with van der Waals surface area (Å²) in [6.45, 7) is 1.89. The average Bonchev–Trinajstić information content (AvgIpc) is 2.71. The fourth-order valence-corrected chi connectivity index (χ4v) is 2.93. The lowest BCUT2D eigenvalue weighted by atomic mass is 10.0. The number of nitrogens with zero attached hydrogens (tertiary/aromatic N) is 2. The third-order valence-corrected chi connectivity index (χ3v) is 4.12. The van der Waals surface area contributed by atoms with Crippen LogP contribution in [-0.4, -0.2) is 22.3 Å². The molecule has 1 aromatic heterocycles. The molecular weight excluding hydrogens is 327 g/mol. The zero-order valence-electron chi connectivity index (χ0n) is 13.0. The Morgan fingerprint density at radius 2 is 2.00 bits per heavy atom. The molecule has 0 saturated carbocycles. The van der Waals surface area contributed by atoms with E-state index < -0.39 is 10.9 Å². The minimum Gasteiger partial charge on any atom is -0.466 e. The normalized spacial score (nSPS) is 20.0. The molecule has 1 unspecified atom stereocenters. The fraction of sp³-hybridized carbons (Fsp3) is 0.158. The van der Waals surface area contributed by atoms with Crippen molar-refractivity contribution in [3.63, 3.8) is 0 Å². The highest BCUT2D eigenvalue weighted by atomic mass is 35.5. The fourth-order valence-electron chi connectivity index (χ4n) is 2.80. The summed E-state index contributed by atoms with van der Waals surface area (Å²) in [4.78, 5) is 9.06. The number of benzene rings is 2. The van der Waals surface area contributed by atoms with Crippen LogP contribution >= 0.6 is 11.6 Å². The first-order valence-corrected chi connectivity index (χ1v) is 7.98. The first-order chi connectivity index (χ1) is 11.5. The molecule has 0 spiro atoms. The molecule has 0 amide bonds. The van der Waals surface area contributed by atoms with Crippen LogP contribution in [0.15, 0.2) is 59.7 Å². The van der Waals surface area contributed by atoms with Crippen molar-refractivity contribution >= 4 is 28.2 Å². The van der Waals surface area contributed by atoms with Crippen LogP contribution < -0.4 is 4.74 Å². The number of alkyl halides is 1. The van der Waals surface area contributed by atoms with Crippen molar-refractivity contribution in [1.82, 2.24) is 4.98 Å². The Morgan fingerprint density at radius 1 is 1.17 bits per heavy atom. The molecule has 2 heterocycles. The number of para-hydroxylation sites is 2. The summed E-state index contributed by atoms with van der Waals surface area (Å²) in [7, 11) is 0. The minimum atomic E-state index is -1.09. The quantitative estimate of drug-likeness (QED) is 0.609. The van der Waals surface area contributed by atoms with Crippen molar-refractivity contribution < 1.29 is 9.13 Å². The van der Waals surface area contributed by atoms with Crippen LogP contribution in [0.25, 0.3) is 10.9 Å². The molecule has 2 aromatic carbocycles. The van der Waals surface area contributed by atoms with Gasteiger partial charge in [0.05, 0.1) is 17.8 Å². The number of hydrogen-bond donors (Lipinski definition) is 0. The van der Waals surface area contributed by atoms with E-state index >= 15 is 0 Å². The Kier molecular flexibility index (Phi) is 3.50. The van der Waals surface area contributed by atoms with E-state index in [0.717, 1.165) is 16.5 Å². The third-order valence-electron chi connectivity index (χ3n) is 3.92. The Bertz CT molecular complexity index is 968. The van der Waals surface area contributed by atoms with E-state index in [1.165, 1.54) is 6.07 Å². The molecule has 1 aliphatic rings. The van der Waals surface area contributed by atoms with Gasteiger partial charge in [0.2, 0.25) is 0 Å². The molecule has 0 saturated heterocycles. The van der Waals surface area contributed by atoms with E-state index in [0.29, 0.717) is 11.3 Å². The number of aliphatic imine (C=N–C) groups is 1. The van der Waals surface area contributed by atoms with Crippen molar-refractivity contribution in [2.24, 2.45) is 4.99 Å². The molecule has 0 bridgehead atoms. The molecule has 0 radical (unpaired) electrons. The average molecular weight is 341 g/mol. The van der Waals surface area contributed by atoms with Gasteiger partial charge in [0.1, 0.15) is 0 Å². The SMILES string of the molecule is CC1(Cl)CN=C(c2cnc3ccccc3c2)c2cccc(F)c2O1. The van der Waals surface area contributed by atoms with Crippen molar-refractivity contribution in [1.29, 1.82) is 0 Å². The van der Waals surface area contributed by atoms with Gasteiger partial charge in [-0.05, 0) is 31.2 Å². The Hall–Kier alpha value is -2.46. The van der Waals surface area contributed by atoms with E-state index in [-0.39, 0.29) is 12.3 Å². The maximum Gasteiger partial charge on any atom is 0.199 e. The predicted octanol–water partition coefficient (Wildman–Crippen LogP) is 4.56. The molecule has 0 fully saturated rings. The molecule has 1 atom stereocenters. The number of hydrogen-bond acceptors (Lipinski definition) is 3. The third kappa shape index (κ3) is 2.63. The van der Waals surface area contributed by atoms with Crippen molar-refractivity contribution in [2.45, 2.75) is 12.0 Å². The topological polar surface area (TPSA) is 34.5 Å². The highest BCUT2D eigenvalue weighted by Gasteiger charge is 2.30. The number of halogens is 2. The second kappa shape index (κ2) is 5.56. The lowest BCUT2D eigenvalue weighted by Gasteiger charge is -2.21. The van der Waals surface area contributed by atoms with Crippen LogP contribution in [0.5, 0.6) is 5.75 Å². The number of aromatic nitrogens is 1. The largest absolute Gasteiger partial charge is 0.466 e. The Balaban J connectivity index is 1.93. The van der Waals surface area contributed by atoms with E-state index in [2.05, 4.69) is 9.98 Å². The molecule has 3 nitrogen and oxygen atoms in total. The number of pyridine rings is 1. The summed E-state index contributed by atoms with van der Waals surface area (Å²) >= 11 is 6.31. The Morgan fingerprint density at radius 3 is 2.88 bits per heavy atom. The van der Waals surface area contributed by atoms with Crippen LogP contribution in [0.3, 0.4) is 0 Å². The molecule has 0 aliphatic carbocycles. The van der Waals surface area contributed by atoms with Gasteiger partial charge in [0, 0.05) is 22.7 Å². The monoisotopic (exact) mass is 340 g/mol. The predicted molar refractivity (Wildman–Crippen MR) is 93.5 cm³/mol. The van der Waals surface area contributed by atoms with Gasteiger partial charge in [-0.2, -0.15) is 0 Å². The van der Waals surface area contributed by atoms with Gasteiger partial charge in [-0.3, -0.25) is 9.98 Å². The zero-order valence-corrected chi connectivity index (χ0v) is 13.7. The van der Waals surface area contributed by atoms with Gasteiger partial charge < -0.3 is 4.74 Å². The van der Waals surface area contributed by atoms with Crippen molar-refractivity contribution in [2.75, 3.05) is 6.54 Å². The molecule has 120 valence electrons. The highest BCUT2D eigenvalue weighted by molar-refractivity contribution is 6.24. The summed E-state index contributed by atoms with van der Waals surface area (Å²) in [5.74, 6) is -0.331. The smallest absolute Gasteiger partial charge is 0.199 e. The number of fused-ring (bicyclic) bond motifs is 2.